The van der Waals surface area contributed by atoms with E-state index in [1.54, 1.807) is 11.3 Å². The molecule has 3 aliphatic rings. The summed E-state index contributed by atoms with van der Waals surface area (Å²) in [5.41, 5.74) is 4.47. The average Bonchev–Trinajstić information content (AvgIpc) is 3.17. The van der Waals surface area contributed by atoms with Crippen molar-refractivity contribution in [1.82, 2.24) is 9.88 Å². The van der Waals surface area contributed by atoms with Crippen LogP contribution in [-0.2, 0) is 11.3 Å². The van der Waals surface area contributed by atoms with Gasteiger partial charge in [-0.25, -0.2) is 4.98 Å². The third kappa shape index (κ3) is 3.20. The SMILES string of the molecule is CC1(C)Oc2ccccc2[C@H]2OCC3(CCN(Cc4cscn4)CC3)C[C@@H]21. The second-order valence-corrected chi connectivity index (χ2v) is 9.76. The lowest BCUT2D eigenvalue weighted by molar-refractivity contribution is -0.174. The molecule has 5 rings (SSSR count). The highest BCUT2D eigenvalue weighted by atomic mass is 32.1. The Morgan fingerprint density at radius 3 is 2.81 bits per heavy atom. The van der Waals surface area contributed by atoms with Crippen molar-refractivity contribution < 1.29 is 9.47 Å². The van der Waals surface area contributed by atoms with Crippen LogP contribution < -0.4 is 4.74 Å². The van der Waals surface area contributed by atoms with Crippen molar-refractivity contribution in [2.75, 3.05) is 19.7 Å². The van der Waals surface area contributed by atoms with Crippen molar-refractivity contribution in [2.45, 2.75) is 51.4 Å². The predicted molar refractivity (Wildman–Crippen MR) is 107 cm³/mol. The third-order valence-electron chi connectivity index (χ3n) is 6.86. The van der Waals surface area contributed by atoms with E-state index in [1.807, 2.05) is 5.51 Å². The van der Waals surface area contributed by atoms with Gasteiger partial charge in [0.2, 0.25) is 0 Å². The normalized spacial score (nSPS) is 29.0. The number of para-hydroxylation sites is 1. The molecule has 3 aliphatic heterocycles. The van der Waals surface area contributed by atoms with Crippen molar-refractivity contribution in [2.24, 2.45) is 11.3 Å². The fourth-order valence-electron chi connectivity index (χ4n) is 5.18. The molecule has 0 N–H and O–H groups in total. The Labute approximate surface area is 165 Å². The van der Waals surface area contributed by atoms with Gasteiger partial charge in [-0.3, -0.25) is 4.90 Å². The number of aromatic nitrogens is 1. The van der Waals surface area contributed by atoms with Crippen LogP contribution in [0.4, 0.5) is 0 Å². The molecule has 2 atom stereocenters. The number of fused-ring (bicyclic) bond motifs is 3. The maximum absolute atomic E-state index is 6.57. The van der Waals surface area contributed by atoms with Gasteiger partial charge in [-0.05, 0) is 57.7 Å². The molecule has 0 aliphatic carbocycles. The molecule has 1 aromatic heterocycles. The van der Waals surface area contributed by atoms with Gasteiger partial charge in [0.05, 0.1) is 23.9 Å². The van der Waals surface area contributed by atoms with Crippen LogP contribution in [0, 0.1) is 11.3 Å². The van der Waals surface area contributed by atoms with Gasteiger partial charge in [0.25, 0.3) is 0 Å². The summed E-state index contributed by atoms with van der Waals surface area (Å²) >= 11 is 1.68. The van der Waals surface area contributed by atoms with E-state index in [0.717, 1.165) is 32.0 Å². The van der Waals surface area contributed by atoms with E-state index in [9.17, 15) is 0 Å². The molecular formula is C22H28N2O2S. The third-order valence-corrected chi connectivity index (χ3v) is 7.50. The number of benzene rings is 1. The number of thiazole rings is 1. The van der Waals surface area contributed by atoms with Crippen molar-refractivity contribution in [3.05, 3.63) is 46.4 Å². The second kappa shape index (κ2) is 6.57. The summed E-state index contributed by atoms with van der Waals surface area (Å²) in [5, 5.41) is 2.16. The van der Waals surface area contributed by atoms with Gasteiger partial charge >= 0.3 is 0 Å². The van der Waals surface area contributed by atoms with Crippen LogP contribution >= 0.6 is 11.3 Å². The lowest BCUT2D eigenvalue weighted by Crippen LogP contribution is -2.54. The van der Waals surface area contributed by atoms with Gasteiger partial charge in [0.1, 0.15) is 11.4 Å². The van der Waals surface area contributed by atoms with E-state index in [2.05, 4.69) is 53.4 Å². The van der Waals surface area contributed by atoms with E-state index < -0.39 is 0 Å². The lowest BCUT2D eigenvalue weighted by Gasteiger charge is -2.54. The summed E-state index contributed by atoms with van der Waals surface area (Å²) < 4.78 is 13.0. The molecule has 2 fully saturated rings. The summed E-state index contributed by atoms with van der Waals surface area (Å²) in [7, 11) is 0. The van der Waals surface area contributed by atoms with E-state index in [1.165, 1.54) is 30.5 Å². The fraction of sp³-hybridized carbons (Fsp3) is 0.591. The van der Waals surface area contributed by atoms with E-state index in [-0.39, 0.29) is 11.7 Å². The average molecular weight is 385 g/mol. The molecule has 144 valence electrons. The molecule has 27 heavy (non-hydrogen) atoms. The highest BCUT2D eigenvalue weighted by molar-refractivity contribution is 7.07. The molecule has 2 aromatic rings. The quantitative estimate of drug-likeness (QED) is 0.753. The minimum atomic E-state index is -0.190. The smallest absolute Gasteiger partial charge is 0.125 e. The molecule has 2 saturated heterocycles. The summed E-state index contributed by atoms with van der Waals surface area (Å²) in [5.74, 6) is 1.41. The Balaban J connectivity index is 1.31. The van der Waals surface area contributed by atoms with Crippen LogP contribution in [0.5, 0.6) is 5.75 Å². The number of ether oxygens (including phenoxy) is 2. The first-order chi connectivity index (χ1) is 13.0. The van der Waals surface area contributed by atoms with Crippen LogP contribution in [0.15, 0.2) is 35.2 Å². The Hall–Kier alpha value is -1.43. The zero-order chi connectivity index (χ0) is 18.5. The van der Waals surface area contributed by atoms with Gasteiger partial charge in [-0.2, -0.15) is 0 Å². The first-order valence-corrected chi connectivity index (χ1v) is 11.0. The largest absolute Gasteiger partial charge is 0.487 e. The highest BCUT2D eigenvalue weighted by Gasteiger charge is 2.52. The van der Waals surface area contributed by atoms with Gasteiger partial charge < -0.3 is 9.47 Å². The zero-order valence-electron chi connectivity index (χ0n) is 16.2. The molecule has 0 unspecified atom stereocenters. The summed E-state index contributed by atoms with van der Waals surface area (Å²) in [6.45, 7) is 8.60. The Morgan fingerprint density at radius 1 is 1.22 bits per heavy atom. The number of piperidine rings is 1. The number of likely N-dealkylation sites (tertiary alicyclic amines) is 1. The van der Waals surface area contributed by atoms with E-state index >= 15 is 0 Å². The first kappa shape index (κ1) is 17.7. The van der Waals surface area contributed by atoms with Gasteiger partial charge in [0, 0.05) is 23.4 Å². The number of hydrogen-bond donors (Lipinski definition) is 0. The van der Waals surface area contributed by atoms with Crippen LogP contribution in [-0.4, -0.2) is 35.2 Å². The predicted octanol–water partition coefficient (Wildman–Crippen LogP) is 4.67. The zero-order valence-corrected chi connectivity index (χ0v) is 17.0. The Bertz CT molecular complexity index is 796. The standard InChI is InChI=1S/C22H28N2O2S/c1-21(2)18-11-22(7-9-24(10-8-22)12-16-13-27-15-23-16)14-25-20(18)17-5-3-4-6-19(17)26-21/h3-6,13,15,18,20H,7-12,14H2,1-2H3/t18-,20+/m0/s1. The van der Waals surface area contributed by atoms with E-state index in [4.69, 9.17) is 9.47 Å². The summed E-state index contributed by atoms with van der Waals surface area (Å²) in [6.07, 6.45) is 3.78. The van der Waals surface area contributed by atoms with Crippen LogP contribution in [0.2, 0.25) is 0 Å². The van der Waals surface area contributed by atoms with Crippen LogP contribution in [0.1, 0.15) is 50.5 Å². The molecule has 0 saturated carbocycles. The second-order valence-electron chi connectivity index (χ2n) is 9.04. The minimum absolute atomic E-state index is 0.170. The molecule has 1 spiro atoms. The molecule has 1 aromatic carbocycles. The topological polar surface area (TPSA) is 34.6 Å². The maximum atomic E-state index is 6.57. The molecular weight excluding hydrogens is 356 g/mol. The maximum Gasteiger partial charge on any atom is 0.125 e. The number of hydrogen-bond acceptors (Lipinski definition) is 5. The van der Waals surface area contributed by atoms with E-state index in [0.29, 0.717) is 11.3 Å². The van der Waals surface area contributed by atoms with Crippen molar-refractivity contribution in [1.29, 1.82) is 0 Å². The summed E-state index contributed by atoms with van der Waals surface area (Å²) in [4.78, 5) is 6.99. The molecule has 5 heteroatoms. The van der Waals surface area contributed by atoms with Crippen LogP contribution in [0.3, 0.4) is 0 Å². The van der Waals surface area contributed by atoms with Gasteiger partial charge in [0.15, 0.2) is 0 Å². The molecule has 0 radical (unpaired) electrons. The molecule has 4 heterocycles. The van der Waals surface area contributed by atoms with Crippen LogP contribution in [0.25, 0.3) is 0 Å². The molecule has 4 nitrogen and oxygen atoms in total. The summed E-state index contributed by atoms with van der Waals surface area (Å²) in [6, 6.07) is 8.41. The number of rotatable bonds is 2. The minimum Gasteiger partial charge on any atom is -0.487 e. The molecule has 0 amide bonds. The van der Waals surface area contributed by atoms with Crippen molar-refractivity contribution in [3.63, 3.8) is 0 Å². The van der Waals surface area contributed by atoms with Gasteiger partial charge in [-0.15, -0.1) is 11.3 Å². The molecule has 0 bridgehead atoms. The van der Waals surface area contributed by atoms with Gasteiger partial charge in [-0.1, -0.05) is 18.2 Å². The highest BCUT2D eigenvalue weighted by Crippen LogP contribution is 2.55. The first-order valence-electron chi connectivity index (χ1n) is 10.0. The number of nitrogens with zero attached hydrogens (tertiary/aromatic N) is 2. The monoisotopic (exact) mass is 384 g/mol. The Morgan fingerprint density at radius 2 is 2.04 bits per heavy atom. The lowest BCUT2D eigenvalue weighted by atomic mass is 9.64. The fourth-order valence-corrected chi connectivity index (χ4v) is 5.73. The van der Waals surface area contributed by atoms with Crippen molar-refractivity contribution in [3.8, 4) is 5.75 Å². The Kier molecular flexibility index (Phi) is 4.30. The van der Waals surface area contributed by atoms with Crippen molar-refractivity contribution >= 4 is 11.3 Å².